The summed E-state index contributed by atoms with van der Waals surface area (Å²) < 4.78 is 12.2. The maximum atomic E-state index is 12.9. The second-order valence-corrected chi connectivity index (χ2v) is 10.7. The van der Waals surface area contributed by atoms with E-state index in [-0.39, 0.29) is 11.9 Å². The molecule has 210 valence electrons. The number of carbonyl (C=O) groups excluding carboxylic acids is 2. The third kappa shape index (κ3) is 4.98. The number of rotatable bonds is 9. The van der Waals surface area contributed by atoms with Crippen LogP contribution in [0.25, 0.3) is 54.2 Å². The Hall–Kier alpha value is -4.70. The molecule has 0 saturated heterocycles. The first kappa shape index (κ1) is 27.5. The Balaban J connectivity index is 1.69. The largest absolute Gasteiger partial charge is 0.425 e. The minimum Gasteiger partial charge on any atom is -0.425 e. The standard InChI is InChI=1S/C38H34O4/c1-3-5-23-33(39)41-37-29-19-11-7-15-25(29)35(26-16-8-12-20-30(26)37)36-27-17-9-13-21-31(27)38(42-34(40)24-6-4-2)32-22-14-10-18-28(32)36/h7-22H,3-6,23-24H2,1-2H3. The highest BCUT2D eigenvalue weighted by Gasteiger charge is 2.23. The van der Waals surface area contributed by atoms with Crippen molar-refractivity contribution in [2.24, 2.45) is 0 Å². The summed E-state index contributed by atoms with van der Waals surface area (Å²) in [4.78, 5) is 25.8. The number of fused-ring (bicyclic) bond motifs is 4. The molecular formula is C38H34O4. The number of hydrogen-bond acceptors (Lipinski definition) is 4. The molecule has 0 spiro atoms. The minimum absolute atomic E-state index is 0.218. The van der Waals surface area contributed by atoms with Crippen LogP contribution in [0.4, 0.5) is 0 Å². The average molecular weight is 555 g/mol. The minimum atomic E-state index is -0.218. The van der Waals surface area contributed by atoms with Crippen molar-refractivity contribution in [1.29, 1.82) is 0 Å². The van der Waals surface area contributed by atoms with Gasteiger partial charge in [-0.05, 0) is 45.5 Å². The number of unbranched alkanes of at least 4 members (excludes halogenated alkanes) is 2. The topological polar surface area (TPSA) is 52.6 Å². The monoisotopic (exact) mass is 554 g/mol. The lowest BCUT2D eigenvalue weighted by Crippen LogP contribution is -2.09. The molecule has 6 aromatic rings. The van der Waals surface area contributed by atoms with Gasteiger partial charge in [-0.25, -0.2) is 0 Å². The Morgan fingerprint density at radius 3 is 0.976 bits per heavy atom. The van der Waals surface area contributed by atoms with Gasteiger partial charge in [-0.15, -0.1) is 0 Å². The lowest BCUT2D eigenvalue weighted by atomic mass is 9.85. The van der Waals surface area contributed by atoms with Crippen LogP contribution in [0.3, 0.4) is 0 Å². The first-order chi connectivity index (χ1) is 20.6. The third-order valence-corrected chi connectivity index (χ3v) is 7.91. The van der Waals surface area contributed by atoms with E-state index in [0.29, 0.717) is 24.3 Å². The highest BCUT2D eigenvalue weighted by molar-refractivity contribution is 6.27. The van der Waals surface area contributed by atoms with Crippen molar-refractivity contribution >= 4 is 55.0 Å². The highest BCUT2D eigenvalue weighted by Crippen LogP contribution is 2.49. The van der Waals surface area contributed by atoms with Gasteiger partial charge in [-0.3, -0.25) is 9.59 Å². The first-order valence-electron chi connectivity index (χ1n) is 14.9. The van der Waals surface area contributed by atoms with Gasteiger partial charge in [0.15, 0.2) is 0 Å². The zero-order valence-electron chi connectivity index (χ0n) is 24.1. The summed E-state index contributed by atoms with van der Waals surface area (Å²) in [5, 5.41) is 7.54. The normalized spacial score (nSPS) is 11.4. The number of benzene rings is 6. The Kier molecular flexibility index (Phi) is 7.87. The molecule has 0 fully saturated rings. The Morgan fingerprint density at radius 1 is 0.452 bits per heavy atom. The van der Waals surface area contributed by atoms with Crippen LogP contribution in [0.1, 0.15) is 52.4 Å². The van der Waals surface area contributed by atoms with Crippen LogP contribution in [0.2, 0.25) is 0 Å². The van der Waals surface area contributed by atoms with E-state index in [1.165, 1.54) is 0 Å². The van der Waals surface area contributed by atoms with Crippen LogP contribution < -0.4 is 9.47 Å². The smallest absolute Gasteiger partial charge is 0.311 e. The second-order valence-electron chi connectivity index (χ2n) is 10.7. The summed E-state index contributed by atoms with van der Waals surface area (Å²) in [7, 11) is 0. The molecule has 0 amide bonds. The van der Waals surface area contributed by atoms with E-state index in [4.69, 9.17) is 9.47 Å². The summed E-state index contributed by atoms with van der Waals surface area (Å²) in [6.45, 7) is 4.14. The lowest BCUT2D eigenvalue weighted by Gasteiger charge is -2.21. The summed E-state index contributed by atoms with van der Waals surface area (Å²) in [5.74, 6) is 0.761. The van der Waals surface area contributed by atoms with Crippen LogP contribution in [0, 0.1) is 0 Å². The fourth-order valence-corrected chi connectivity index (χ4v) is 5.91. The molecule has 0 unspecified atom stereocenters. The van der Waals surface area contributed by atoms with Gasteiger partial charge in [0, 0.05) is 34.4 Å². The van der Waals surface area contributed by atoms with Crippen LogP contribution in [0.5, 0.6) is 11.5 Å². The van der Waals surface area contributed by atoms with Gasteiger partial charge in [-0.2, -0.15) is 0 Å². The SMILES string of the molecule is CCCCC(=O)Oc1c2ccccc2c(-c2c3ccccc3c(OC(=O)CCCC)c3ccccc23)c2ccccc12. The van der Waals surface area contributed by atoms with Crippen molar-refractivity contribution < 1.29 is 19.1 Å². The van der Waals surface area contributed by atoms with Crippen molar-refractivity contribution in [3.8, 4) is 22.6 Å². The van der Waals surface area contributed by atoms with Crippen molar-refractivity contribution in [1.82, 2.24) is 0 Å². The predicted molar refractivity (Wildman–Crippen MR) is 172 cm³/mol. The quantitative estimate of drug-likeness (QED) is 0.101. The van der Waals surface area contributed by atoms with Gasteiger partial charge in [0.2, 0.25) is 0 Å². The molecule has 0 radical (unpaired) electrons. The maximum absolute atomic E-state index is 12.9. The van der Waals surface area contributed by atoms with Crippen LogP contribution in [-0.4, -0.2) is 11.9 Å². The van der Waals surface area contributed by atoms with Gasteiger partial charge in [0.25, 0.3) is 0 Å². The molecule has 0 N–H and O–H groups in total. The second kappa shape index (κ2) is 12.0. The van der Waals surface area contributed by atoms with Crippen molar-refractivity contribution in [3.05, 3.63) is 97.1 Å². The molecule has 0 aromatic heterocycles. The van der Waals surface area contributed by atoms with E-state index >= 15 is 0 Å². The van der Waals surface area contributed by atoms with E-state index in [2.05, 4.69) is 38.1 Å². The van der Waals surface area contributed by atoms with Gasteiger partial charge in [0.05, 0.1) is 0 Å². The van der Waals surface area contributed by atoms with Crippen LogP contribution in [-0.2, 0) is 9.59 Å². The summed E-state index contributed by atoms with van der Waals surface area (Å²) >= 11 is 0. The molecule has 42 heavy (non-hydrogen) atoms. The zero-order valence-corrected chi connectivity index (χ0v) is 24.1. The molecule has 0 aliphatic heterocycles. The Labute approximate surface area is 245 Å². The predicted octanol–water partition coefficient (Wildman–Crippen LogP) is 10.2. The molecule has 0 aliphatic rings. The van der Waals surface area contributed by atoms with E-state index in [9.17, 15) is 9.59 Å². The van der Waals surface area contributed by atoms with Crippen molar-refractivity contribution in [2.75, 3.05) is 0 Å². The number of esters is 2. The third-order valence-electron chi connectivity index (χ3n) is 7.91. The van der Waals surface area contributed by atoms with Crippen molar-refractivity contribution in [2.45, 2.75) is 52.4 Å². The van der Waals surface area contributed by atoms with Crippen molar-refractivity contribution in [3.63, 3.8) is 0 Å². The number of ether oxygens (including phenoxy) is 2. The zero-order chi connectivity index (χ0) is 29.1. The molecule has 4 heteroatoms. The first-order valence-corrected chi connectivity index (χ1v) is 14.9. The van der Waals surface area contributed by atoms with E-state index < -0.39 is 0 Å². The maximum Gasteiger partial charge on any atom is 0.311 e. The van der Waals surface area contributed by atoms with Gasteiger partial charge in [0.1, 0.15) is 11.5 Å². The fraction of sp³-hybridized carbons (Fsp3) is 0.211. The molecule has 4 nitrogen and oxygen atoms in total. The van der Waals surface area contributed by atoms with Crippen LogP contribution >= 0.6 is 0 Å². The molecule has 6 rings (SSSR count). The summed E-state index contributed by atoms with van der Waals surface area (Å²) in [6.07, 6.45) is 4.21. The average Bonchev–Trinajstić information content (AvgIpc) is 3.03. The molecule has 0 saturated carbocycles. The van der Waals surface area contributed by atoms with Gasteiger partial charge in [-0.1, -0.05) is 124 Å². The molecule has 0 bridgehead atoms. The van der Waals surface area contributed by atoms with E-state index in [1.807, 2.05) is 72.8 Å². The molecular weight excluding hydrogens is 520 g/mol. The molecule has 6 aromatic carbocycles. The fourth-order valence-electron chi connectivity index (χ4n) is 5.91. The molecule has 0 atom stereocenters. The number of carbonyl (C=O) groups is 2. The highest BCUT2D eigenvalue weighted by atomic mass is 16.5. The Bertz CT molecular complexity index is 1700. The van der Waals surface area contributed by atoms with E-state index in [0.717, 1.165) is 79.9 Å². The molecule has 0 heterocycles. The number of hydrogen-bond donors (Lipinski definition) is 0. The molecule has 0 aliphatic carbocycles. The van der Waals surface area contributed by atoms with Crippen LogP contribution in [0.15, 0.2) is 97.1 Å². The van der Waals surface area contributed by atoms with Gasteiger partial charge < -0.3 is 9.47 Å². The van der Waals surface area contributed by atoms with Gasteiger partial charge >= 0.3 is 11.9 Å². The Morgan fingerprint density at radius 2 is 0.714 bits per heavy atom. The lowest BCUT2D eigenvalue weighted by molar-refractivity contribution is -0.135. The summed E-state index contributed by atoms with van der Waals surface area (Å²) in [6, 6.07) is 32.6. The van der Waals surface area contributed by atoms with E-state index in [1.54, 1.807) is 0 Å². The summed E-state index contributed by atoms with van der Waals surface area (Å²) in [5.41, 5.74) is 2.12.